The molecule has 14 heavy (non-hydrogen) atoms. The van der Waals surface area contributed by atoms with Gasteiger partial charge in [-0.05, 0) is 19.1 Å². The Balaban J connectivity index is 2.87. The van der Waals surface area contributed by atoms with E-state index < -0.39 is 29.4 Å². The minimum Gasteiger partial charge on any atom is -0.422 e. The van der Waals surface area contributed by atoms with Crippen molar-refractivity contribution in [2.45, 2.75) is 13.0 Å². The van der Waals surface area contributed by atoms with Gasteiger partial charge in [0.15, 0.2) is 11.6 Å². The predicted molar refractivity (Wildman–Crippen MR) is 45.6 cm³/mol. The highest BCUT2D eigenvalue weighted by Gasteiger charge is 2.15. The molecule has 0 unspecified atom stereocenters. The Morgan fingerprint density at radius 2 is 2.14 bits per heavy atom. The van der Waals surface area contributed by atoms with Gasteiger partial charge >= 0.3 is 5.97 Å². The fourth-order valence-corrected chi connectivity index (χ4v) is 0.764. The van der Waals surface area contributed by atoms with Crippen molar-refractivity contribution in [3.05, 3.63) is 29.8 Å². The number of hydrogen-bond acceptors (Lipinski definition) is 3. The van der Waals surface area contributed by atoms with Gasteiger partial charge in [-0.15, -0.1) is 0 Å². The molecule has 2 N–H and O–H groups in total. The number of carbonyl (C=O) groups is 1. The number of nitrogens with two attached hydrogens (primary N) is 1. The molecular weight excluding hydrogens is 192 g/mol. The maximum Gasteiger partial charge on any atom is 0.328 e. The standard InChI is InChI=1S/C9H9F2NO2/c1-5(12)9(13)14-7-4-2-3-6(10)8(7)11/h2-5H,12H2,1H3/t5-/m0/s1. The molecule has 0 spiro atoms. The quantitative estimate of drug-likeness (QED) is 0.578. The molecule has 3 nitrogen and oxygen atoms in total. The number of rotatable bonds is 2. The molecule has 0 bridgehead atoms. The van der Waals surface area contributed by atoms with Crippen molar-refractivity contribution in [2.24, 2.45) is 5.73 Å². The highest BCUT2D eigenvalue weighted by molar-refractivity contribution is 5.77. The first-order valence-electron chi connectivity index (χ1n) is 3.93. The van der Waals surface area contributed by atoms with Gasteiger partial charge in [0.05, 0.1) is 0 Å². The highest BCUT2D eigenvalue weighted by Crippen LogP contribution is 2.19. The largest absolute Gasteiger partial charge is 0.422 e. The van der Waals surface area contributed by atoms with Crippen molar-refractivity contribution >= 4 is 5.97 Å². The third-order valence-corrected chi connectivity index (χ3v) is 1.50. The summed E-state index contributed by atoms with van der Waals surface area (Å²) >= 11 is 0. The molecule has 0 aliphatic heterocycles. The summed E-state index contributed by atoms with van der Waals surface area (Å²) in [5, 5.41) is 0. The molecule has 0 aliphatic carbocycles. The summed E-state index contributed by atoms with van der Waals surface area (Å²) in [5.41, 5.74) is 5.18. The van der Waals surface area contributed by atoms with E-state index in [1.165, 1.54) is 13.0 Å². The zero-order chi connectivity index (χ0) is 10.7. The first-order chi connectivity index (χ1) is 6.52. The van der Waals surface area contributed by atoms with Gasteiger partial charge in [0.2, 0.25) is 5.82 Å². The van der Waals surface area contributed by atoms with Crippen molar-refractivity contribution in [1.82, 2.24) is 0 Å². The van der Waals surface area contributed by atoms with Crippen LogP contribution < -0.4 is 10.5 Å². The molecule has 1 aromatic carbocycles. The molecule has 0 aromatic heterocycles. The van der Waals surface area contributed by atoms with E-state index in [2.05, 4.69) is 4.74 Å². The number of halogens is 2. The summed E-state index contributed by atoms with van der Waals surface area (Å²) in [7, 11) is 0. The third kappa shape index (κ3) is 2.26. The molecule has 0 saturated carbocycles. The van der Waals surface area contributed by atoms with Gasteiger partial charge in [-0.3, -0.25) is 0 Å². The fraction of sp³-hybridized carbons (Fsp3) is 0.222. The van der Waals surface area contributed by atoms with Crippen LogP contribution in [0.25, 0.3) is 0 Å². The summed E-state index contributed by atoms with van der Waals surface area (Å²) in [5.74, 6) is -3.52. The Kier molecular flexibility index (Phi) is 3.14. The molecule has 1 atom stereocenters. The highest BCUT2D eigenvalue weighted by atomic mass is 19.2. The molecule has 1 aromatic rings. The van der Waals surface area contributed by atoms with Crippen LogP contribution in [0.3, 0.4) is 0 Å². The number of hydrogen-bond donors (Lipinski definition) is 1. The second-order valence-electron chi connectivity index (χ2n) is 2.76. The van der Waals surface area contributed by atoms with E-state index in [1.54, 1.807) is 0 Å². The van der Waals surface area contributed by atoms with Gasteiger partial charge in [0, 0.05) is 0 Å². The van der Waals surface area contributed by atoms with Crippen LogP contribution in [-0.4, -0.2) is 12.0 Å². The molecule has 0 aliphatic rings. The number of esters is 1. The molecular formula is C9H9F2NO2. The van der Waals surface area contributed by atoms with Gasteiger partial charge in [0.1, 0.15) is 6.04 Å². The van der Waals surface area contributed by atoms with Crippen molar-refractivity contribution in [3.8, 4) is 5.75 Å². The van der Waals surface area contributed by atoms with Crippen LogP contribution in [0.15, 0.2) is 18.2 Å². The summed E-state index contributed by atoms with van der Waals surface area (Å²) in [6, 6.07) is 2.44. The number of carbonyl (C=O) groups excluding carboxylic acids is 1. The molecule has 5 heteroatoms. The topological polar surface area (TPSA) is 52.3 Å². The summed E-state index contributed by atoms with van der Waals surface area (Å²) in [6.07, 6.45) is 0. The Hall–Kier alpha value is -1.49. The number of ether oxygens (including phenoxy) is 1. The zero-order valence-corrected chi connectivity index (χ0v) is 7.46. The maximum atomic E-state index is 12.9. The van der Waals surface area contributed by atoms with Crippen LogP contribution in [0.5, 0.6) is 5.75 Å². The second kappa shape index (κ2) is 4.15. The molecule has 0 amide bonds. The van der Waals surface area contributed by atoms with E-state index in [-0.39, 0.29) is 0 Å². The van der Waals surface area contributed by atoms with Crippen LogP contribution in [0.1, 0.15) is 6.92 Å². The lowest BCUT2D eigenvalue weighted by molar-refractivity contribution is -0.135. The van der Waals surface area contributed by atoms with Crippen molar-refractivity contribution in [3.63, 3.8) is 0 Å². The monoisotopic (exact) mass is 201 g/mol. The maximum absolute atomic E-state index is 12.9. The lowest BCUT2D eigenvalue weighted by Gasteiger charge is -2.07. The zero-order valence-electron chi connectivity index (χ0n) is 7.46. The minimum absolute atomic E-state index is 0.452. The van der Waals surface area contributed by atoms with Crippen LogP contribution >= 0.6 is 0 Å². The summed E-state index contributed by atoms with van der Waals surface area (Å²) in [6.45, 7) is 1.39. The molecule has 1 rings (SSSR count). The molecule has 0 radical (unpaired) electrons. The van der Waals surface area contributed by atoms with Gasteiger partial charge in [-0.2, -0.15) is 4.39 Å². The van der Waals surface area contributed by atoms with E-state index in [9.17, 15) is 13.6 Å². The normalized spacial score (nSPS) is 12.3. The van der Waals surface area contributed by atoms with Crippen LogP contribution in [0, 0.1) is 11.6 Å². The predicted octanol–water partition coefficient (Wildman–Crippen LogP) is 1.22. The molecule has 0 heterocycles. The molecule has 0 fully saturated rings. The Labute approximate surface area is 79.5 Å². The SMILES string of the molecule is C[C@H](N)C(=O)Oc1cccc(F)c1F. The van der Waals surface area contributed by atoms with E-state index in [1.807, 2.05) is 0 Å². The first-order valence-corrected chi connectivity index (χ1v) is 3.93. The van der Waals surface area contributed by atoms with Crippen molar-refractivity contribution in [2.75, 3.05) is 0 Å². The Morgan fingerprint density at radius 1 is 1.50 bits per heavy atom. The summed E-state index contributed by atoms with van der Waals surface area (Å²) in [4.78, 5) is 10.9. The van der Waals surface area contributed by atoms with Crippen LogP contribution in [-0.2, 0) is 4.79 Å². The van der Waals surface area contributed by atoms with E-state index in [0.29, 0.717) is 0 Å². The number of benzene rings is 1. The smallest absolute Gasteiger partial charge is 0.328 e. The Bertz CT molecular complexity index is 353. The van der Waals surface area contributed by atoms with Crippen molar-refractivity contribution in [1.29, 1.82) is 0 Å². The van der Waals surface area contributed by atoms with Gasteiger partial charge in [-0.25, -0.2) is 9.18 Å². The third-order valence-electron chi connectivity index (χ3n) is 1.50. The first kappa shape index (κ1) is 10.6. The average Bonchev–Trinajstić information content (AvgIpc) is 2.12. The molecule has 76 valence electrons. The van der Waals surface area contributed by atoms with Crippen LogP contribution in [0.2, 0.25) is 0 Å². The lowest BCUT2D eigenvalue weighted by Crippen LogP contribution is -2.31. The van der Waals surface area contributed by atoms with E-state index in [4.69, 9.17) is 5.73 Å². The minimum atomic E-state index is -1.19. The average molecular weight is 201 g/mol. The fourth-order valence-electron chi connectivity index (χ4n) is 0.764. The second-order valence-corrected chi connectivity index (χ2v) is 2.76. The van der Waals surface area contributed by atoms with Gasteiger partial charge in [0.25, 0.3) is 0 Å². The van der Waals surface area contributed by atoms with Gasteiger partial charge < -0.3 is 10.5 Å². The van der Waals surface area contributed by atoms with E-state index in [0.717, 1.165) is 12.1 Å². The molecule has 0 saturated heterocycles. The van der Waals surface area contributed by atoms with E-state index >= 15 is 0 Å². The Morgan fingerprint density at radius 3 is 2.71 bits per heavy atom. The van der Waals surface area contributed by atoms with Crippen molar-refractivity contribution < 1.29 is 18.3 Å². The van der Waals surface area contributed by atoms with Gasteiger partial charge in [-0.1, -0.05) is 6.07 Å². The summed E-state index contributed by atoms with van der Waals surface area (Å²) < 4.78 is 30.1. The lowest BCUT2D eigenvalue weighted by atomic mass is 10.3. The van der Waals surface area contributed by atoms with Crippen LogP contribution in [0.4, 0.5) is 8.78 Å².